The van der Waals surface area contributed by atoms with Crippen LogP contribution in [0.2, 0.25) is 0 Å². The molecule has 1 aromatic rings. The fourth-order valence-corrected chi connectivity index (χ4v) is 3.68. The summed E-state index contributed by atoms with van der Waals surface area (Å²) in [5.41, 5.74) is 7.27. The number of anilines is 2. The smallest absolute Gasteiger partial charge is 0.227 e. The lowest BCUT2D eigenvalue weighted by Crippen LogP contribution is -2.22. The Balaban J connectivity index is 1.95. The average Bonchev–Trinajstić information content (AvgIpc) is 3.03. The van der Waals surface area contributed by atoms with Crippen LogP contribution in [-0.4, -0.2) is 23.1 Å². The maximum Gasteiger partial charge on any atom is 0.227 e. The molecule has 1 saturated carbocycles. The van der Waals surface area contributed by atoms with E-state index in [0.29, 0.717) is 11.7 Å². The Morgan fingerprint density at radius 2 is 1.72 bits per heavy atom. The van der Waals surface area contributed by atoms with Crippen molar-refractivity contribution in [3.05, 3.63) is 9.26 Å². The van der Waals surface area contributed by atoms with E-state index < -0.39 is 0 Å². The predicted molar refractivity (Wildman–Crippen MR) is 81.8 cm³/mol. The Bertz CT molecular complexity index is 437. The van der Waals surface area contributed by atoms with Gasteiger partial charge in [-0.2, -0.15) is 4.98 Å². The lowest BCUT2D eigenvalue weighted by molar-refractivity contribution is 0.686. The molecular formula is C13H19IN4. The Morgan fingerprint density at radius 1 is 1.06 bits per heavy atom. The molecule has 3 rings (SSSR count). The number of hydrogen-bond acceptors (Lipinski definition) is 4. The van der Waals surface area contributed by atoms with Crippen LogP contribution >= 0.6 is 22.6 Å². The van der Waals surface area contributed by atoms with Crippen molar-refractivity contribution in [2.45, 2.75) is 44.4 Å². The second kappa shape index (κ2) is 5.19. The molecule has 1 aromatic heterocycles. The number of nitrogens with zero attached hydrogens (tertiary/aromatic N) is 3. The van der Waals surface area contributed by atoms with Gasteiger partial charge in [0, 0.05) is 19.0 Å². The van der Waals surface area contributed by atoms with Crippen LogP contribution in [0.25, 0.3) is 0 Å². The van der Waals surface area contributed by atoms with Gasteiger partial charge in [0.2, 0.25) is 5.95 Å². The maximum atomic E-state index is 6.07. The van der Waals surface area contributed by atoms with Gasteiger partial charge in [-0.1, -0.05) is 12.8 Å². The molecule has 2 aliphatic rings. The summed E-state index contributed by atoms with van der Waals surface area (Å²) in [7, 11) is 0. The van der Waals surface area contributed by atoms with Gasteiger partial charge >= 0.3 is 0 Å². The first kappa shape index (κ1) is 12.4. The molecule has 0 bridgehead atoms. The summed E-state index contributed by atoms with van der Waals surface area (Å²) in [6, 6.07) is 0. The third kappa shape index (κ3) is 2.29. The molecule has 1 saturated heterocycles. The van der Waals surface area contributed by atoms with Crippen LogP contribution in [0.15, 0.2) is 0 Å². The van der Waals surface area contributed by atoms with Gasteiger partial charge in [-0.25, -0.2) is 4.98 Å². The number of hydrogen-bond donors (Lipinski definition) is 1. The predicted octanol–water partition coefficient (Wildman–Crippen LogP) is 2.92. The van der Waals surface area contributed by atoms with Crippen molar-refractivity contribution in [2.75, 3.05) is 23.7 Å². The van der Waals surface area contributed by atoms with Gasteiger partial charge in [0.1, 0.15) is 5.82 Å². The van der Waals surface area contributed by atoms with Crippen LogP contribution in [-0.2, 0) is 0 Å². The van der Waals surface area contributed by atoms with Crippen LogP contribution < -0.4 is 10.6 Å². The van der Waals surface area contributed by atoms with Gasteiger partial charge in [-0.15, -0.1) is 0 Å². The first-order valence-corrected chi connectivity index (χ1v) is 7.91. The highest BCUT2D eigenvalue weighted by molar-refractivity contribution is 14.1. The molecule has 0 atom stereocenters. The van der Waals surface area contributed by atoms with Crippen molar-refractivity contribution in [1.29, 1.82) is 0 Å². The third-order valence-electron chi connectivity index (χ3n) is 4.02. The van der Waals surface area contributed by atoms with Gasteiger partial charge < -0.3 is 10.6 Å². The van der Waals surface area contributed by atoms with Gasteiger partial charge in [0.05, 0.1) is 9.26 Å². The van der Waals surface area contributed by atoms with E-state index in [0.717, 1.165) is 22.6 Å². The Kier molecular flexibility index (Phi) is 3.59. The van der Waals surface area contributed by atoms with E-state index >= 15 is 0 Å². The quantitative estimate of drug-likeness (QED) is 0.826. The topological polar surface area (TPSA) is 55.0 Å². The monoisotopic (exact) mass is 358 g/mol. The van der Waals surface area contributed by atoms with Crippen molar-refractivity contribution < 1.29 is 0 Å². The molecule has 2 N–H and O–H groups in total. The minimum Gasteiger partial charge on any atom is -0.383 e. The highest BCUT2D eigenvalue weighted by Crippen LogP contribution is 2.37. The molecule has 18 heavy (non-hydrogen) atoms. The molecule has 1 aliphatic heterocycles. The summed E-state index contributed by atoms with van der Waals surface area (Å²) in [4.78, 5) is 11.6. The summed E-state index contributed by atoms with van der Waals surface area (Å²) in [5.74, 6) is 2.12. The number of nitrogens with two attached hydrogens (primary N) is 1. The molecule has 0 aromatic carbocycles. The molecule has 98 valence electrons. The maximum absolute atomic E-state index is 6.07. The van der Waals surface area contributed by atoms with E-state index in [-0.39, 0.29) is 0 Å². The highest BCUT2D eigenvalue weighted by Gasteiger charge is 2.25. The van der Waals surface area contributed by atoms with Crippen molar-refractivity contribution in [1.82, 2.24) is 9.97 Å². The molecular weight excluding hydrogens is 339 g/mol. The van der Waals surface area contributed by atoms with Crippen molar-refractivity contribution in [3.63, 3.8) is 0 Å². The zero-order chi connectivity index (χ0) is 12.5. The number of rotatable bonds is 2. The molecule has 4 nitrogen and oxygen atoms in total. The van der Waals surface area contributed by atoms with E-state index in [2.05, 4.69) is 32.5 Å². The zero-order valence-electron chi connectivity index (χ0n) is 10.5. The molecule has 2 heterocycles. The van der Waals surface area contributed by atoms with Gasteiger partial charge in [-0.05, 0) is 48.3 Å². The van der Waals surface area contributed by atoms with Crippen molar-refractivity contribution in [3.8, 4) is 0 Å². The van der Waals surface area contributed by atoms with Gasteiger partial charge in [0.25, 0.3) is 0 Å². The summed E-state index contributed by atoms with van der Waals surface area (Å²) in [5, 5.41) is 0. The van der Waals surface area contributed by atoms with Crippen LogP contribution in [0.1, 0.15) is 50.1 Å². The number of halogens is 1. The van der Waals surface area contributed by atoms with Gasteiger partial charge in [0.15, 0.2) is 0 Å². The largest absolute Gasteiger partial charge is 0.383 e. The lowest BCUT2D eigenvalue weighted by Gasteiger charge is -2.19. The molecule has 2 fully saturated rings. The average molecular weight is 358 g/mol. The fourth-order valence-electron chi connectivity index (χ4n) is 3.00. The lowest BCUT2D eigenvalue weighted by atomic mass is 10.0. The van der Waals surface area contributed by atoms with Gasteiger partial charge in [-0.3, -0.25) is 0 Å². The molecule has 0 unspecified atom stereocenters. The normalized spacial score (nSPS) is 20.8. The molecule has 0 amide bonds. The van der Waals surface area contributed by atoms with Crippen LogP contribution in [0.3, 0.4) is 0 Å². The third-order valence-corrected chi connectivity index (χ3v) is 5.13. The first-order chi connectivity index (χ1) is 8.75. The van der Waals surface area contributed by atoms with Crippen LogP contribution in [0, 0.1) is 3.57 Å². The second-order valence-electron chi connectivity index (χ2n) is 5.28. The summed E-state index contributed by atoms with van der Waals surface area (Å²) < 4.78 is 1.07. The Labute approximate surface area is 122 Å². The van der Waals surface area contributed by atoms with E-state index in [1.807, 2.05) is 0 Å². The standard InChI is InChI=1S/C13H19IN4/c14-10-11(9-5-1-2-6-9)16-13(17-12(10)15)18-7-3-4-8-18/h9H,1-8H2,(H2,15,16,17). The van der Waals surface area contributed by atoms with Crippen molar-refractivity contribution >= 4 is 34.4 Å². The SMILES string of the molecule is Nc1nc(N2CCCC2)nc(C2CCCC2)c1I. The molecule has 0 spiro atoms. The molecule has 5 heteroatoms. The molecule has 1 aliphatic carbocycles. The van der Waals surface area contributed by atoms with E-state index in [4.69, 9.17) is 10.7 Å². The minimum atomic E-state index is 0.601. The number of nitrogen functional groups attached to an aromatic ring is 1. The summed E-state index contributed by atoms with van der Waals surface area (Å²) in [6.07, 6.45) is 7.65. The Hall–Kier alpha value is -0.590. The summed E-state index contributed by atoms with van der Waals surface area (Å²) in [6.45, 7) is 2.15. The van der Waals surface area contributed by atoms with Crippen molar-refractivity contribution in [2.24, 2.45) is 0 Å². The zero-order valence-corrected chi connectivity index (χ0v) is 12.7. The number of aromatic nitrogens is 2. The fraction of sp³-hybridized carbons (Fsp3) is 0.692. The van der Waals surface area contributed by atoms with Crippen LogP contribution in [0.4, 0.5) is 11.8 Å². The van der Waals surface area contributed by atoms with Crippen LogP contribution in [0.5, 0.6) is 0 Å². The molecule has 0 radical (unpaired) electrons. The van der Waals surface area contributed by atoms with E-state index in [1.54, 1.807) is 0 Å². The highest BCUT2D eigenvalue weighted by atomic mass is 127. The first-order valence-electron chi connectivity index (χ1n) is 6.83. The Morgan fingerprint density at radius 3 is 2.39 bits per heavy atom. The van der Waals surface area contributed by atoms with E-state index in [1.165, 1.54) is 44.2 Å². The summed E-state index contributed by atoms with van der Waals surface area (Å²) >= 11 is 2.31. The second-order valence-corrected chi connectivity index (χ2v) is 6.36. The van der Waals surface area contributed by atoms with E-state index in [9.17, 15) is 0 Å². The minimum absolute atomic E-state index is 0.601.